The van der Waals surface area contributed by atoms with E-state index >= 15 is 0 Å². The molecule has 188 valence electrons. The van der Waals surface area contributed by atoms with Crippen LogP contribution in [0.5, 0.6) is 23.0 Å². The lowest BCUT2D eigenvalue weighted by molar-refractivity contribution is 0.354. The Labute approximate surface area is 210 Å². The lowest BCUT2D eigenvalue weighted by atomic mass is 9.87. The molecule has 11 heteroatoms. The molecule has 11 nitrogen and oxygen atoms in total. The molecule has 0 aliphatic carbocycles. The zero-order valence-electron chi connectivity index (χ0n) is 20.4. The lowest BCUT2D eigenvalue weighted by Crippen LogP contribution is -2.35. The first-order valence-corrected chi connectivity index (χ1v) is 11.0. The number of oxazole rings is 2. The zero-order valence-corrected chi connectivity index (χ0v) is 20.4. The summed E-state index contributed by atoms with van der Waals surface area (Å²) in [5, 5.41) is 10.3. The van der Waals surface area contributed by atoms with Crippen LogP contribution in [0.25, 0.3) is 17.5 Å². The van der Waals surface area contributed by atoms with Crippen LogP contribution in [0.4, 0.5) is 6.01 Å². The molecule has 1 aliphatic rings. The molecule has 0 saturated carbocycles. The maximum absolute atomic E-state index is 13.1. The van der Waals surface area contributed by atoms with Gasteiger partial charge in [0, 0.05) is 0 Å². The van der Waals surface area contributed by atoms with Crippen LogP contribution >= 0.6 is 0 Å². The van der Waals surface area contributed by atoms with Crippen LogP contribution < -0.4 is 41.2 Å². The number of rotatable bonds is 6. The molecule has 2 aromatic heterocycles. The maximum Gasteiger partial charge on any atom is 0.362 e. The smallest absolute Gasteiger partial charge is 0.362 e. The Kier molecular flexibility index (Phi) is 5.85. The van der Waals surface area contributed by atoms with Crippen molar-refractivity contribution in [1.82, 2.24) is 9.55 Å². The number of anilines is 1. The van der Waals surface area contributed by atoms with Crippen LogP contribution in [0.1, 0.15) is 22.7 Å². The quantitative estimate of drug-likeness (QED) is 0.413. The second-order valence-electron chi connectivity index (χ2n) is 7.99. The van der Waals surface area contributed by atoms with Gasteiger partial charge in [-0.25, -0.2) is 9.36 Å². The Morgan fingerprint density at radius 2 is 1.62 bits per heavy atom. The van der Waals surface area contributed by atoms with Crippen molar-refractivity contribution in [2.75, 3.05) is 34.2 Å². The van der Waals surface area contributed by atoms with Crippen molar-refractivity contribution < 1.29 is 27.8 Å². The number of nitrogen functional groups attached to an aromatic ring is 1. The van der Waals surface area contributed by atoms with Gasteiger partial charge in [0.05, 0.1) is 34.4 Å². The first kappa shape index (κ1) is 23.6. The molecule has 2 N–H and O–H groups in total. The Balaban J connectivity index is 1.81. The summed E-state index contributed by atoms with van der Waals surface area (Å²) >= 11 is 0. The summed E-state index contributed by atoms with van der Waals surface area (Å²) in [5.41, 5.74) is 7.06. The van der Waals surface area contributed by atoms with Crippen molar-refractivity contribution in [3.05, 3.63) is 74.5 Å². The van der Waals surface area contributed by atoms with Crippen LogP contribution in [0.2, 0.25) is 0 Å². The van der Waals surface area contributed by atoms with Crippen LogP contribution in [0.15, 0.2) is 50.0 Å². The molecular weight excluding hydrogens is 480 g/mol. The largest absolute Gasteiger partial charge is 0.493 e. The summed E-state index contributed by atoms with van der Waals surface area (Å²) in [6.07, 6.45) is 1.59. The number of hydrogen-bond acceptors (Lipinski definition) is 10. The zero-order chi connectivity index (χ0) is 26.3. The highest BCUT2D eigenvalue weighted by molar-refractivity contribution is 5.73. The standard InChI is InChI=1S/C26H22N4O7/c1-32-17-7-5-13(10-19(17)34-3)9-16-25(31)36-23-15(12-27)21(22-24(30(16)23)37-26(28)29-22)14-6-8-18(33-2)20(11-14)35-4/h5-11,21H,1-4H3,(H2,28,29)/b16-9+. The molecule has 0 fully saturated rings. The summed E-state index contributed by atoms with van der Waals surface area (Å²) in [4.78, 5) is 17.4. The molecule has 0 bridgehead atoms. The maximum atomic E-state index is 13.1. The fourth-order valence-corrected chi connectivity index (χ4v) is 4.41. The molecule has 1 aliphatic heterocycles. The van der Waals surface area contributed by atoms with Crippen molar-refractivity contribution >= 4 is 17.7 Å². The fraction of sp³-hybridized carbons (Fsp3) is 0.192. The van der Waals surface area contributed by atoms with Gasteiger partial charge < -0.3 is 33.5 Å². The van der Waals surface area contributed by atoms with E-state index in [-0.39, 0.29) is 28.4 Å². The third-order valence-corrected chi connectivity index (χ3v) is 6.06. The average Bonchev–Trinajstić information content (AvgIpc) is 3.45. The molecule has 2 aromatic carbocycles. The summed E-state index contributed by atoms with van der Waals surface area (Å²) in [6, 6.07) is 12.4. The number of benzene rings is 2. The average molecular weight is 502 g/mol. The Hall–Kier alpha value is -5.11. The van der Waals surface area contributed by atoms with Gasteiger partial charge in [-0.05, 0) is 41.5 Å². The van der Waals surface area contributed by atoms with Gasteiger partial charge in [0.2, 0.25) is 11.4 Å². The number of nitriles is 1. The molecule has 1 unspecified atom stereocenters. The molecular formula is C26H22N4O7. The van der Waals surface area contributed by atoms with Gasteiger partial charge in [0.25, 0.3) is 6.01 Å². The van der Waals surface area contributed by atoms with Crippen molar-refractivity contribution in [2.45, 2.75) is 5.92 Å². The monoisotopic (exact) mass is 502 g/mol. The SMILES string of the molecule is COc1ccc(/C=c2\c(=O)oc3n2-c2oc(N)nc2C(c2ccc(OC)c(OC)c2)C=3C#N)cc1OC. The number of ether oxygens (including phenoxy) is 4. The van der Waals surface area contributed by atoms with Gasteiger partial charge in [0.15, 0.2) is 23.0 Å². The van der Waals surface area contributed by atoms with Gasteiger partial charge in [0.1, 0.15) is 22.7 Å². The van der Waals surface area contributed by atoms with Gasteiger partial charge in [-0.3, -0.25) is 0 Å². The predicted molar refractivity (Wildman–Crippen MR) is 132 cm³/mol. The second-order valence-corrected chi connectivity index (χ2v) is 7.99. The Bertz CT molecular complexity index is 1740. The van der Waals surface area contributed by atoms with Crippen molar-refractivity contribution in [3.63, 3.8) is 0 Å². The highest BCUT2D eigenvalue weighted by atomic mass is 16.5. The van der Waals surface area contributed by atoms with E-state index in [9.17, 15) is 10.1 Å². The van der Waals surface area contributed by atoms with E-state index in [1.165, 1.54) is 33.0 Å². The Morgan fingerprint density at radius 1 is 0.973 bits per heavy atom. The van der Waals surface area contributed by atoms with Crippen LogP contribution in [-0.4, -0.2) is 38.0 Å². The molecule has 0 radical (unpaired) electrons. The van der Waals surface area contributed by atoms with E-state index in [4.69, 9.17) is 33.5 Å². The minimum atomic E-state index is -0.736. The summed E-state index contributed by atoms with van der Waals surface area (Å²) < 4.78 is 34.2. The molecule has 0 amide bonds. The van der Waals surface area contributed by atoms with Gasteiger partial charge in [-0.1, -0.05) is 12.1 Å². The van der Waals surface area contributed by atoms with E-state index in [2.05, 4.69) is 11.1 Å². The number of methoxy groups -OCH3 is 4. The summed E-state index contributed by atoms with van der Waals surface area (Å²) in [7, 11) is 6.08. The third kappa shape index (κ3) is 3.75. The first-order valence-electron chi connectivity index (χ1n) is 11.0. The number of hydrogen-bond donors (Lipinski definition) is 1. The van der Waals surface area contributed by atoms with Crippen molar-refractivity contribution in [2.24, 2.45) is 0 Å². The lowest BCUT2D eigenvalue weighted by Gasteiger charge is -2.20. The number of nitrogens with zero attached hydrogens (tertiary/aromatic N) is 3. The van der Waals surface area contributed by atoms with Crippen LogP contribution in [-0.2, 0) is 0 Å². The highest BCUT2D eigenvalue weighted by Gasteiger charge is 2.36. The molecule has 3 heterocycles. The first-order chi connectivity index (χ1) is 17.9. The summed E-state index contributed by atoms with van der Waals surface area (Å²) in [5.74, 6) is 1.42. The van der Waals surface area contributed by atoms with E-state index in [1.807, 2.05) is 0 Å². The van der Waals surface area contributed by atoms with Crippen molar-refractivity contribution in [3.8, 4) is 35.0 Å². The summed E-state index contributed by atoms with van der Waals surface area (Å²) in [6.45, 7) is 0. The second kappa shape index (κ2) is 9.16. The molecule has 0 spiro atoms. The minimum absolute atomic E-state index is 0.0164. The minimum Gasteiger partial charge on any atom is -0.493 e. The molecule has 1 atom stereocenters. The molecule has 5 rings (SSSR count). The molecule has 4 aromatic rings. The topological polar surface area (TPSA) is 148 Å². The van der Waals surface area contributed by atoms with Gasteiger partial charge >= 0.3 is 5.63 Å². The van der Waals surface area contributed by atoms with Crippen LogP contribution in [0, 0.1) is 11.3 Å². The molecule has 0 saturated heterocycles. The van der Waals surface area contributed by atoms with E-state index in [1.54, 1.807) is 42.5 Å². The highest BCUT2D eigenvalue weighted by Crippen LogP contribution is 2.40. The van der Waals surface area contributed by atoms with E-state index < -0.39 is 11.5 Å². The Morgan fingerprint density at radius 3 is 2.27 bits per heavy atom. The van der Waals surface area contributed by atoms with Crippen molar-refractivity contribution in [1.29, 1.82) is 5.26 Å². The predicted octanol–water partition coefficient (Wildman–Crippen LogP) is 1.68. The number of aromatic nitrogens is 2. The number of nitrogens with two attached hydrogens (primary N) is 1. The normalized spacial score (nSPS) is 14.5. The van der Waals surface area contributed by atoms with Gasteiger partial charge in [-0.15, -0.1) is 0 Å². The van der Waals surface area contributed by atoms with Crippen LogP contribution in [0.3, 0.4) is 0 Å². The molecule has 37 heavy (non-hydrogen) atoms. The van der Waals surface area contributed by atoms with Gasteiger partial charge in [-0.2, -0.15) is 10.2 Å². The van der Waals surface area contributed by atoms with E-state index in [0.717, 1.165) is 0 Å². The number of fused-ring (bicyclic) bond motifs is 3. The third-order valence-electron chi connectivity index (χ3n) is 6.06. The fourth-order valence-electron chi connectivity index (χ4n) is 4.41. The van der Waals surface area contributed by atoms with E-state index in [0.29, 0.717) is 39.8 Å².